The first-order chi connectivity index (χ1) is 19.0. The third-order valence-electron chi connectivity index (χ3n) is 6.09. The second-order valence-corrected chi connectivity index (χ2v) is 10.7. The van der Waals surface area contributed by atoms with E-state index in [1.165, 1.54) is 24.9 Å². The summed E-state index contributed by atoms with van der Waals surface area (Å²) >= 11 is 1.36. The number of Topliss-reactive ketones (excluding diaryl/α,β-unsaturated/α-hetero) is 1. The van der Waals surface area contributed by atoms with Crippen LogP contribution in [0.15, 0.2) is 18.2 Å². The van der Waals surface area contributed by atoms with Crippen molar-refractivity contribution in [2.24, 2.45) is 5.73 Å². The summed E-state index contributed by atoms with van der Waals surface area (Å²) in [5, 5.41) is 32.2. The smallest absolute Gasteiger partial charge is 0.322 e. The van der Waals surface area contributed by atoms with Crippen molar-refractivity contribution < 1.29 is 44.0 Å². The zero-order chi connectivity index (χ0) is 30.1. The summed E-state index contributed by atoms with van der Waals surface area (Å²) in [6, 6.07) is 2.62. The summed E-state index contributed by atoms with van der Waals surface area (Å²) in [5.74, 6) is -3.29. The second kappa shape index (κ2) is 18.9. The highest BCUT2D eigenvalue weighted by molar-refractivity contribution is 8.00. The number of unbranched alkanes of at least 4 members (excludes halogenated alkanes) is 2. The molecule has 0 radical (unpaired) electrons. The molecule has 0 saturated heterocycles. The molecule has 0 aliphatic rings. The molecular formula is C27H41N3O9S. The van der Waals surface area contributed by atoms with Gasteiger partial charge in [0.15, 0.2) is 11.5 Å². The number of methoxy groups -OCH3 is 1. The number of amides is 2. The number of benzene rings is 1. The molecule has 0 fully saturated rings. The Morgan fingerprint density at radius 1 is 1.07 bits per heavy atom. The van der Waals surface area contributed by atoms with E-state index in [1.807, 2.05) is 0 Å². The van der Waals surface area contributed by atoms with Crippen molar-refractivity contribution in [2.75, 3.05) is 19.4 Å². The summed E-state index contributed by atoms with van der Waals surface area (Å²) in [6.45, 7) is 1.44. The number of aliphatic carboxylic acids is 2. The van der Waals surface area contributed by atoms with Gasteiger partial charge in [-0.1, -0.05) is 32.3 Å². The molecule has 0 saturated carbocycles. The quantitative estimate of drug-likeness (QED) is 0.115. The van der Waals surface area contributed by atoms with E-state index in [0.29, 0.717) is 12.2 Å². The number of hydrogen-bond acceptors (Lipinski definition) is 9. The first-order valence-corrected chi connectivity index (χ1v) is 14.3. The number of phenols is 1. The van der Waals surface area contributed by atoms with Crippen LogP contribution in [0.25, 0.3) is 0 Å². The third-order valence-corrected chi connectivity index (χ3v) is 7.48. The van der Waals surface area contributed by atoms with Gasteiger partial charge in [-0.3, -0.25) is 24.0 Å². The maximum Gasteiger partial charge on any atom is 0.322 e. The van der Waals surface area contributed by atoms with Gasteiger partial charge in [0.05, 0.1) is 7.11 Å². The molecule has 224 valence electrons. The molecule has 0 aliphatic carbocycles. The molecule has 12 nitrogen and oxygen atoms in total. The van der Waals surface area contributed by atoms with Crippen molar-refractivity contribution in [1.82, 2.24) is 10.6 Å². The van der Waals surface area contributed by atoms with Crippen LogP contribution in [0, 0.1) is 0 Å². The topological polar surface area (TPSA) is 205 Å². The Hall–Kier alpha value is -3.32. The van der Waals surface area contributed by atoms with E-state index in [1.54, 1.807) is 12.1 Å². The number of ketones is 1. The molecule has 1 aromatic carbocycles. The summed E-state index contributed by atoms with van der Waals surface area (Å²) < 4.78 is 5.12. The van der Waals surface area contributed by atoms with E-state index in [4.69, 9.17) is 20.7 Å². The molecule has 2 amide bonds. The van der Waals surface area contributed by atoms with E-state index in [2.05, 4.69) is 17.6 Å². The average Bonchev–Trinajstić information content (AvgIpc) is 2.91. The Bertz CT molecular complexity index is 1010. The number of ether oxygens (including phenoxy) is 1. The number of carbonyl (C=O) groups excluding carboxylic acids is 3. The molecular weight excluding hydrogens is 542 g/mol. The number of nitrogens with one attached hydrogen (secondary N) is 2. The molecule has 1 rings (SSSR count). The molecule has 7 N–H and O–H groups in total. The molecule has 13 heteroatoms. The number of aryl methyl sites for hydroxylation is 1. The number of hydrogen-bond donors (Lipinski definition) is 6. The van der Waals surface area contributed by atoms with Crippen molar-refractivity contribution in [3.8, 4) is 11.5 Å². The monoisotopic (exact) mass is 583 g/mol. The lowest BCUT2D eigenvalue weighted by molar-refractivity contribution is -0.139. The van der Waals surface area contributed by atoms with Gasteiger partial charge in [0.2, 0.25) is 11.8 Å². The number of rotatable bonds is 21. The minimum Gasteiger partial charge on any atom is -0.504 e. The van der Waals surface area contributed by atoms with Gasteiger partial charge < -0.3 is 36.4 Å². The van der Waals surface area contributed by atoms with Gasteiger partial charge in [0, 0.05) is 30.3 Å². The van der Waals surface area contributed by atoms with Crippen LogP contribution in [0.4, 0.5) is 0 Å². The fourth-order valence-electron chi connectivity index (χ4n) is 3.76. The van der Waals surface area contributed by atoms with E-state index >= 15 is 0 Å². The summed E-state index contributed by atoms with van der Waals surface area (Å²) in [6.07, 6.45) is 4.23. The first kappa shape index (κ1) is 34.7. The lowest BCUT2D eigenvalue weighted by atomic mass is 10.0. The fourth-order valence-corrected chi connectivity index (χ4v) is 5.10. The van der Waals surface area contributed by atoms with Crippen LogP contribution < -0.4 is 21.1 Å². The molecule has 0 spiro atoms. The number of carbonyl (C=O) groups is 5. The Labute approximate surface area is 238 Å². The van der Waals surface area contributed by atoms with Crippen LogP contribution in [0.1, 0.15) is 63.9 Å². The van der Waals surface area contributed by atoms with Gasteiger partial charge in [-0.05, 0) is 37.0 Å². The number of carboxylic acid groups (broad SMARTS) is 2. The zero-order valence-electron chi connectivity index (χ0n) is 23.0. The van der Waals surface area contributed by atoms with Gasteiger partial charge in [0.1, 0.15) is 24.4 Å². The van der Waals surface area contributed by atoms with Crippen LogP contribution in [-0.4, -0.2) is 81.6 Å². The van der Waals surface area contributed by atoms with Gasteiger partial charge in [-0.25, -0.2) is 0 Å². The van der Waals surface area contributed by atoms with Crippen LogP contribution in [0.2, 0.25) is 0 Å². The minimum atomic E-state index is -1.25. The number of nitrogens with two attached hydrogens (primary N) is 1. The normalized spacial score (nSPS) is 13.1. The van der Waals surface area contributed by atoms with Crippen molar-refractivity contribution in [1.29, 1.82) is 0 Å². The molecule has 0 aromatic heterocycles. The molecule has 0 bridgehead atoms. The highest BCUT2D eigenvalue weighted by atomic mass is 32.2. The van der Waals surface area contributed by atoms with E-state index in [0.717, 1.165) is 31.2 Å². The third kappa shape index (κ3) is 14.2. The van der Waals surface area contributed by atoms with E-state index in [-0.39, 0.29) is 48.2 Å². The Balaban J connectivity index is 2.83. The Morgan fingerprint density at radius 2 is 1.80 bits per heavy atom. The number of thioether (sulfide) groups is 1. The predicted molar refractivity (Wildman–Crippen MR) is 150 cm³/mol. The van der Waals surface area contributed by atoms with E-state index in [9.17, 15) is 29.1 Å². The first-order valence-electron chi connectivity index (χ1n) is 13.2. The lowest BCUT2D eigenvalue weighted by Crippen LogP contribution is -2.49. The second-order valence-electron chi connectivity index (χ2n) is 9.42. The largest absolute Gasteiger partial charge is 0.504 e. The van der Waals surface area contributed by atoms with Crippen molar-refractivity contribution in [3.63, 3.8) is 0 Å². The highest BCUT2D eigenvalue weighted by Crippen LogP contribution is 2.27. The Kier molecular flexibility index (Phi) is 16.4. The van der Waals surface area contributed by atoms with Crippen molar-refractivity contribution in [2.45, 2.75) is 82.0 Å². The summed E-state index contributed by atoms with van der Waals surface area (Å²) in [4.78, 5) is 59.7. The summed E-state index contributed by atoms with van der Waals surface area (Å²) in [5.41, 5.74) is 6.29. The van der Waals surface area contributed by atoms with Gasteiger partial charge in [-0.2, -0.15) is 11.8 Å². The standard InChI is InChI=1S/C27H41N3O9S/c1-3-4-5-6-19(14-18(31)9-7-17-8-11-22(32)23(13-17)39-2)40-16-21(26(36)29-15-25(34)35)30-24(33)12-10-20(28)27(37)38/h8,11,13,19-21,32H,3-7,9-10,12,14-16,28H2,1-2H3,(H,29,36)(H,30,33)(H,34,35)(H,37,38)/t19?,20-,21+/m1/s1. The molecule has 3 atom stereocenters. The SMILES string of the molecule is CCCCCC(CC(=O)CCc1ccc(O)c(OC)c1)SC[C@H](NC(=O)CC[C@@H](N)C(=O)O)C(=O)NCC(=O)O. The summed E-state index contributed by atoms with van der Waals surface area (Å²) in [7, 11) is 1.45. The number of carboxylic acids is 2. The van der Waals surface area contributed by atoms with Crippen LogP contribution in [0.5, 0.6) is 11.5 Å². The average molecular weight is 584 g/mol. The van der Waals surface area contributed by atoms with Crippen molar-refractivity contribution >= 4 is 41.3 Å². The lowest BCUT2D eigenvalue weighted by Gasteiger charge is -2.22. The molecule has 0 aliphatic heterocycles. The maximum atomic E-state index is 12.9. The van der Waals surface area contributed by atoms with Gasteiger partial charge in [-0.15, -0.1) is 0 Å². The number of aromatic hydroxyl groups is 1. The Morgan fingerprint density at radius 3 is 2.42 bits per heavy atom. The van der Waals surface area contributed by atoms with Gasteiger partial charge >= 0.3 is 11.9 Å². The number of phenolic OH excluding ortho intramolecular Hbond substituents is 1. The van der Waals surface area contributed by atoms with Crippen LogP contribution in [0.3, 0.4) is 0 Å². The zero-order valence-corrected chi connectivity index (χ0v) is 23.8. The highest BCUT2D eigenvalue weighted by Gasteiger charge is 2.25. The maximum absolute atomic E-state index is 12.9. The molecule has 1 aromatic rings. The van der Waals surface area contributed by atoms with Gasteiger partial charge in [0.25, 0.3) is 0 Å². The van der Waals surface area contributed by atoms with Crippen LogP contribution in [-0.2, 0) is 30.4 Å². The van der Waals surface area contributed by atoms with Crippen molar-refractivity contribution in [3.05, 3.63) is 23.8 Å². The van der Waals surface area contributed by atoms with Crippen LogP contribution >= 0.6 is 11.8 Å². The predicted octanol–water partition coefficient (Wildman–Crippen LogP) is 1.85. The molecule has 40 heavy (non-hydrogen) atoms. The minimum absolute atomic E-state index is 0.0173. The molecule has 0 heterocycles. The molecule has 1 unspecified atom stereocenters. The fraction of sp³-hybridized carbons (Fsp3) is 0.593. The van der Waals surface area contributed by atoms with E-state index < -0.39 is 42.4 Å².